The largest absolute Gasteiger partial charge is 0.455 e. The molecular weight excluding hydrogens is 378 g/mol. The Hall–Kier alpha value is -3.18. The van der Waals surface area contributed by atoms with Crippen molar-refractivity contribution in [3.63, 3.8) is 0 Å². The number of nitriles is 1. The summed E-state index contributed by atoms with van der Waals surface area (Å²) in [6, 6.07) is 11.2. The van der Waals surface area contributed by atoms with Crippen LogP contribution < -0.4 is 10.2 Å². The maximum atomic E-state index is 12.4. The van der Waals surface area contributed by atoms with E-state index in [0.717, 1.165) is 17.7 Å². The van der Waals surface area contributed by atoms with Crippen molar-refractivity contribution in [3.05, 3.63) is 46.8 Å². The number of hydrogen-bond acceptors (Lipinski definition) is 6. The van der Waals surface area contributed by atoms with Gasteiger partial charge in [0.15, 0.2) is 6.61 Å². The van der Waals surface area contributed by atoms with Crippen LogP contribution in [0.1, 0.15) is 24.5 Å². The van der Waals surface area contributed by atoms with Crippen molar-refractivity contribution in [2.24, 2.45) is 5.92 Å². The average molecular weight is 397 g/mol. The van der Waals surface area contributed by atoms with E-state index in [1.165, 1.54) is 11.3 Å². The Labute approximate surface area is 166 Å². The number of esters is 1. The fourth-order valence-corrected chi connectivity index (χ4v) is 3.84. The summed E-state index contributed by atoms with van der Waals surface area (Å²) in [6.45, 7) is 1.78. The number of aryl methyl sites for hydroxylation is 1. The molecule has 1 N–H and O–H groups in total. The maximum absolute atomic E-state index is 12.4. The number of carbonyl (C=O) groups excluding carboxylic acids is 3. The molecule has 144 valence electrons. The highest BCUT2D eigenvalue weighted by Crippen LogP contribution is 2.29. The molecule has 2 heterocycles. The van der Waals surface area contributed by atoms with E-state index in [-0.39, 0.29) is 18.9 Å². The second kappa shape index (κ2) is 8.67. The standard InChI is InChI=1S/C20H19N3O4S/c1-2-13-5-3-4-6-16(13)23-11-15(9-18(23)25)20(26)27-12-17(24)22-19-14(10-21)7-8-28-19/h3-8,15H,2,9,11-12H2,1H3,(H,22,24)/t15-/m0/s1. The number of thiophene rings is 1. The van der Waals surface area contributed by atoms with Gasteiger partial charge in [0, 0.05) is 18.7 Å². The first-order valence-corrected chi connectivity index (χ1v) is 9.73. The van der Waals surface area contributed by atoms with Crippen molar-refractivity contribution >= 4 is 39.8 Å². The molecule has 1 aliphatic rings. The Morgan fingerprint density at radius 1 is 1.36 bits per heavy atom. The molecule has 8 heteroatoms. The SMILES string of the molecule is CCc1ccccc1N1C[C@@H](C(=O)OCC(=O)Nc2sccc2C#N)CC1=O. The zero-order chi connectivity index (χ0) is 20.1. The molecule has 0 aliphatic carbocycles. The van der Waals surface area contributed by atoms with Gasteiger partial charge in [0.25, 0.3) is 5.91 Å². The van der Waals surface area contributed by atoms with Crippen LogP contribution in [0.2, 0.25) is 0 Å². The molecule has 1 aromatic heterocycles. The molecular formula is C20H19N3O4S. The van der Waals surface area contributed by atoms with E-state index < -0.39 is 24.4 Å². The first kappa shape index (κ1) is 19.6. The van der Waals surface area contributed by atoms with Gasteiger partial charge in [-0.2, -0.15) is 5.26 Å². The summed E-state index contributed by atoms with van der Waals surface area (Å²) in [6.07, 6.45) is 0.838. The smallest absolute Gasteiger partial charge is 0.311 e. The number of anilines is 2. The van der Waals surface area contributed by atoms with Gasteiger partial charge in [-0.25, -0.2) is 0 Å². The number of para-hydroxylation sites is 1. The molecule has 0 radical (unpaired) electrons. The third-order valence-electron chi connectivity index (χ3n) is 4.51. The summed E-state index contributed by atoms with van der Waals surface area (Å²) in [4.78, 5) is 38.3. The van der Waals surface area contributed by atoms with E-state index in [4.69, 9.17) is 10.00 Å². The number of nitrogens with zero attached hydrogens (tertiary/aromatic N) is 2. The molecule has 1 saturated heterocycles. The van der Waals surface area contributed by atoms with Crippen molar-refractivity contribution in [1.29, 1.82) is 5.26 Å². The molecule has 1 fully saturated rings. The number of ether oxygens (including phenoxy) is 1. The predicted octanol–water partition coefficient (Wildman–Crippen LogP) is 2.72. The summed E-state index contributed by atoms with van der Waals surface area (Å²) in [5.41, 5.74) is 2.20. The monoisotopic (exact) mass is 397 g/mol. The first-order valence-electron chi connectivity index (χ1n) is 8.85. The summed E-state index contributed by atoms with van der Waals surface area (Å²) >= 11 is 1.22. The minimum atomic E-state index is -0.610. The zero-order valence-corrected chi connectivity index (χ0v) is 16.1. The molecule has 1 aliphatic heterocycles. The van der Waals surface area contributed by atoms with Gasteiger partial charge in [-0.1, -0.05) is 25.1 Å². The summed E-state index contributed by atoms with van der Waals surface area (Å²) in [5, 5.41) is 13.6. The van der Waals surface area contributed by atoms with Crippen LogP contribution >= 0.6 is 11.3 Å². The number of nitrogens with one attached hydrogen (secondary N) is 1. The molecule has 0 spiro atoms. The third-order valence-corrected chi connectivity index (χ3v) is 5.34. The van der Waals surface area contributed by atoms with E-state index in [0.29, 0.717) is 10.6 Å². The van der Waals surface area contributed by atoms with Crippen LogP contribution in [0.15, 0.2) is 35.7 Å². The van der Waals surface area contributed by atoms with Gasteiger partial charge in [0.1, 0.15) is 11.1 Å². The zero-order valence-electron chi connectivity index (χ0n) is 15.3. The van der Waals surface area contributed by atoms with Gasteiger partial charge in [-0.3, -0.25) is 14.4 Å². The Bertz CT molecular complexity index is 947. The molecule has 1 aromatic carbocycles. The summed E-state index contributed by atoms with van der Waals surface area (Å²) in [5.74, 6) is -1.84. The van der Waals surface area contributed by atoms with Gasteiger partial charge in [0.05, 0.1) is 11.5 Å². The number of benzene rings is 1. The maximum Gasteiger partial charge on any atom is 0.311 e. The van der Waals surface area contributed by atoms with Gasteiger partial charge in [0.2, 0.25) is 5.91 Å². The fourth-order valence-electron chi connectivity index (χ4n) is 3.08. The number of carbonyl (C=O) groups is 3. The number of hydrogen-bond donors (Lipinski definition) is 1. The van der Waals surface area contributed by atoms with Crippen LogP contribution in [0, 0.1) is 17.2 Å². The van der Waals surface area contributed by atoms with Crippen molar-refractivity contribution < 1.29 is 19.1 Å². The van der Waals surface area contributed by atoms with E-state index in [2.05, 4.69) is 5.32 Å². The molecule has 28 heavy (non-hydrogen) atoms. The topological polar surface area (TPSA) is 99.5 Å². The quantitative estimate of drug-likeness (QED) is 0.756. The highest BCUT2D eigenvalue weighted by molar-refractivity contribution is 7.14. The average Bonchev–Trinajstić information content (AvgIpc) is 3.32. The van der Waals surface area contributed by atoms with Crippen LogP contribution in [0.5, 0.6) is 0 Å². The third kappa shape index (κ3) is 4.21. The van der Waals surface area contributed by atoms with E-state index in [1.54, 1.807) is 16.3 Å². The normalized spacial score (nSPS) is 15.9. The molecule has 2 amide bonds. The highest BCUT2D eigenvalue weighted by atomic mass is 32.1. The molecule has 0 bridgehead atoms. The van der Waals surface area contributed by atoms with Gasteiger partial charge in [-0.15, -0.1) is 11.3 Å². The predicted molar refractivity (Wildman–Crippen MR) is 105 cm³/mol. The summed E-state index contributed by atoms with van der Waals surface area (Å²) < 4.78 is 5.09. The number of rotatable bonds is 6. The Kier molecular flexibility index (Phi) is 6.06. The van der Waals surface area contributed by atoms with Crippen molar-refractivity contribution in [3.8, 4) is 6.07 Å². The van der Waals surface area contributed by atoms with Crippen molar-refractivity contribution in [1.82, 2.24) is 0 Å². The molecule has 2 aromatic rings. The minimum Gasteiger partial charge on any atom is -0.455 e. The van der Waals surface area contributed by atoms with Crippen LogP contribution in [-0.2, 0) is 25.5 Å². The lowest BCUT2D eigenvalue weighted by atomic mass is 10.1. The lowest BCUT2D eigenvalue weighted by Crippen LogP contribution is -2.28. The van der Waals surface area contributed by atoms with Crippen LogP contribution in [-0.4, -0.2) is 30.9 Å². The second-order valence-electron chi connectivity index (χ2n) is 6.32. The lowest BCUT2D eigenvalue weighted by molar-refractivity contribution is -0.151. The van der Waals surface area contributed by atoms with E-state index >= 15 is 0 Å². The Morgan fingerprint density at radius 3 is 2.89 bits per heavy atom. The van der Waals surface area contributed by atoms with Gasteiger partial charge in [-0.05, 0) is 29.5 Å². The summed E-state index contributed by atoms with van der Waals surface area (Å²) in [7, 11) is 0. The van der Waals surface area contributed by atoms with Crippen LogP contribution in [0.25, 0.3) is 0 Å². The lowest BCUT2D eigenvalue weighted by Gasteiger charge is -2.19. The highest BCUT2D eigenvalue weighted by Gasteiger charge is 2.37. The minimum absolute atomic E-state index is 0.0575. The van der Waals surface area contributed by atoms with E-state index in [9.17, 15) is 14.4 Å². The second-order valence-corrected chi connectivity index (χ2v) is 7.23. The molecule has 0 unspecified atom stereocenters. The molecule has 3 rings (SSSR count). The van der Waals surface area contributed by atoms with Gasteiger partial charge < -0.3 is 15.0 Å². The Morgan fingerprint density at radius 2 is 2.14 bits per heavy atom. The number of amides is 2. The van der Waals surface area contributed by atoms with Crippen molar-refractivity contribution in [2.75, 3.05) is 23.4 Å². The Balaban J connectivity index is 1.56. The molecule has 7 nitrogen and oxygen atoms in total. The van der Waals surface area contributed by atoms with Crippen molar-refractivity contribution in [2.45, 2.75) is 19.8 Å². The van der Waals surface area contributed by atoms with E-state index in [1.807, 2.05) is 37.3 Å². The molecule has 1 atom stereocenters. The van der Waals surface area contributed by atoms with Crippen LogP contribution in [0.4, 0.5) is 10.7 Å². The molecule has 0 saturated carbocycles. The van der Waals surface area contributed by atoms with Gasteiger partial charge >= 0.3 is 5.97 Å². The first-order chi connectivity index (χ1) is 13.5. The fraction of sp³-hybridized carbons (Fsp3) is 0.300. The van der Waals surface area contributed by atoms with Crippen LogP contribution in [0.3, 0.4) is 0 Å².